The van der Waals surface area contributed by atoms with E-state index in [2.05, 4.69) is 10.2 Å². The maximum Gasteiger partial charge on any atom is 0.253 e. The molecule has 1 aromatic carbocycles. The quantitative estimate of drug-likeness (QED) is 0.882. The first-order valence-corrected chi connectivity index (χ1v) is 10.2. The average Bonchev–Trinajstić information content (AvgIpc) is 3.51. The molecule has 1 aromatic rings. The number of benzene rings is 1. The van der Waals surface area contributed by atoms with Gasteiger partial charge in [-0.15, -0.1) is 0 Å². The third-order valence-corrected chi connectivity index (χ3v) is 6.09. The fourth-order valence-corrected chi connectivity index (χ4v) is 4.34. The zero-order valence-electron chi connectivity index (χ0n) is 15.7. The monoisotopic (exact) mass is 373 g/mol. The Hall–Kier alpha value is -1.95. The average molecular weight is 373 g/mol. The molecular weight excluding hydrogens is 345 g/mol. The van der Waals surface area contributed by atoms with Crippen molar-refractivity contribution in [1.29, 1.82) is 0 Å². The maximum absolute atomic E-state index is 13.4. The molecule has 1 saturated carbocycles. The third-order valence-electron chi connectivity index (χ3n) is 6.09. The van der Waals surface area contributed by atoms with Gasteiger partial charge in [0, 0.05) is 37.3 Å². The van der Waals surface area contributed by atoms with E-state index in [1.165, 1.54) is 12.1 Å². The molecule has 27 heavy (non-hydrogen) atoms. The minimum atomic E-state index is -0.375. The summed E-state index contributed by atoms with van der Waals surface area (Å²) in [6, 6.07) is 6.77. The van der Waals surface area contributed by atoms with Gasteiger partial charge in [-0.3, -0.25) is 14.5 Å². The molecule has 6 heteroatoms. The van der Waals surface area contributed by atoms with Gasteiger partial charge >= 0.3 is 0 Å². The lowest BCUT2D eigenvalue weighted by Crippen LogP contribution is -2.51. The van der Waals surface area contributed by atoms with Crippen LogP contribution >= 0.6 is 0 Å². The number of rotatable bonds is 4. The number of piperidine rings is 2. The summed E-state index contributed by atoms with van der Waals surface area (Å²) in [5, 5.41) is 3.14. The van der Waals surface area contributed by atoms with Crippen molar-refractivity contribution in [3.8, 4) is 0 Å². The van der Waals surface area contributed by atoms with Crippen molar-refractivity contribution in [2.24, 2.45) is 5.92 Å². The highest BCUT2D eigenvalue weighted by Gasteiger charge is 2.34. The fourth-order valence-electron chi connectivity index (χ4n) is 4.34. The molecule has 0 spiro atoms. The Balaban J connectivity index is 1.29. The summed E-state index contributed by atoms with van der Waals surface area (Å²) < 4.78 is 13.4. The smallest absolute Gasteiger partial charge is 0.253 e. The molecule has 1 unspecified atom stereocenters. The Kier molecular flexibility index (Phi) is 5.43. The van der Waals surface area contributed by atoms with Crippen molar-refractivity contribution in [2.75, 3.05) is 26.2 Å². The Morgan fingerprint density at radius 1 is 1.04 bits per heavy atom. The van der Waals surface area contributed by atoms with E-state index in [0.29, 0.717) is 30.7 Å². The van der Waals surface area contributed by atoms with Gasteiger partial charge in [-0.2, -0.15) is 0 Å². The van der Waals surface area contributed by atoms with Gasteiger partial charge < -0.3 is 10.2 Å². The number of nitrogens with one attached hydrogen (secondary N) is 1. The maximum atomic E-state index is 13.4. The van der Waals surface area contributed by atoms with E-state index in [4.69, 9.17) is 0 Å². The lowest BCUT2D eigenvalue weighted by molar-refractivity contribution is -0.127. The van der Waals surface area contributed by atoms with Crippen molar-refractivity contribution >= 4 is 11.8 Å². The van der Waals surface area contributed by atoms with Gasteiger partial charge in [-0.1, -0.05) is 6.07 Å². The number of halogens is 1. The molecule has 2 heterocycles. The predicted octanol–water partition coefficient (Wildman–Crippen LogP) is 2.42. The van der Waals surface area contributed by atoms with Crippen LogP contribution in [0.4, 0.5) is 4.39 Å². The Morgan fingerprint density at radius 3 is 2.52 bits per heavy atom. The van der Waals surface area contributed by atoms with Crippen LogP contribution in [0.3, 0.4) is 0 Å². The van der Waals surface area contributed by atoms with E-state index in [1.807, 2.05) is 4.90 Å². The summed E-state index contributed by atoms with van der Waals surface area (Å²) >= 11 is 0. The summed E-state index contributed by atoms with van der Waals surface area (Å²) in [5.41, 5.74) is 0.420. The third kappa shape index (κ3) is 4.49. The van der Waals surface area contributed by atoms with Crippen molar-refractivity contribution in [3.63, 3.8) is 0 Å². The van der Waals surface area contributed by atoms with Crippen molar-refractivity contribution in [2.45, 2.75) is 50.6 Å². The first kappa shape index (κ1) is 18.4. The van der Waals surface area contributed by atoms with Crippen LogP contribution in [0.15, 0.2) is 24.3 Å². The molecule has 2 aliphatic heterocycles. The summed E-state index contributed by atoms with van der Waals surface area (Å²) in [6.07, 6.45) is 6.12. The van der Waals surface area contributed by atoms with Crippen LogP contribution in [0, 0.1) is 11.7 Å². The van der Waals surface area contributed by atoms with E-state index in [0.717, 1.165) is 51.6 Å². The van der Waals surface area contributed by atoms with Crippen LogP contribution in [0.5, 0.6) is 0 Å². The molecule has 1 N–H and O–H groups in total. The van der Waals surface area contributed by atoms with Gasteiger partial charge in [0.25, 0.3) is 5.91 Å². The molecule has 3 aliphatic rings. The van der Waals surface area contributed by atoms with Gasteiger partial charge in [0.1, 0.15) is 5.82 Å². The van der Waals surface area contributed by atoms with E-state index in [1.54, 1.807) is 12.1 Å². The van der Waals surface area contributed by atoms with Crippen LogP contribution < -0.4 is 5.32 Å². The fraction of sp³-hybridized carbons (Fsp3) is 0.619. The highest BCUT2D eigenvalue weighted by Crippen LogP contribution is 2.26. The topological polar surface area (TPSA) is 52.7 Å². The van der Waals surface area contributed by atoms with Gasteiger partial charge in [0.15, 0.2) is 0 Å². The van der Waals surface area contributed by atoms with Gasteiger partial charge in [0.05, 0.1) is 5.92 Å². The lowest BCUT2D eigenvalue weighted by atomic mass is 9.93. The van der Waals surface area contributed by atoms with Crippen LogP contribution in [-0.2, 0) is 4.79 Å². The van der Waals surface area contributed by atoms with E-state index in [-0.39, 0.29) is 23.5 Å². The van der Waals surface area contributed by atoms with Gasteiger partial charge in [-0.05, 0) is 63.3 Å². The Labute approximate surface area is 159 Å². The van der Waals surface area contributed by atoms with Crippen molar-refractivity contribution in [3.05, 3.63) is 35.6 Å². The number of carbonyl (C=O) groups is 2. The molecule has 2 saturated heterocycles. The SMILES string of the molecule is O=C(NC1CC1)C1CCCN(C2CCN(C(=O)c3cccc(F)c3)CC2)C1. The molecule has 3 fully saturated rings. The van der Waals surface area contributed by atoms with Crippen LogP contribution in [-0.4, -0.2) is 59.9 Å². The number of hydrogen-bond acceptors (Lipinski definition) is 3. The first-order chi connectivity index (χ1) is 13.1. The summed E-state index contributed by atoms with van der Waals surface area (Å²) in [7, 11) is 0. The second kappa shape index (κ2) is 7.97. The minimum absolute atomic E-state index is 0.0896. The van der Waals surface area contributed by atoms with E-state index >= 15 is 0 Å². The highest BCUT2D eigenvalue weighted by molar-refractivity contribution is 5.94. The molecule has 2 amide bonds. The number of carbonyl (C=O) groups excluding carboxylic acids is 2. The standard InChI is InChI=1S/C21H28FN3O2/c22-17-5-1-3-15(13-17)21(27)24-11-8-19(9-12-24)25-10-2-4-16(14-25)20(26)23-18-6-7-18/h1,3,5,13,16,18-19H,2,4,6-12,14H2,(H,23,26). The molecule has 0 aromatic heterocycles. The number of amides is 2. The molecule has 4 rings (SSSR count). The van der Waals surface area contributed by atoms with E-state index < -0.39 is 0 Å². The van der Waals surface area contributed by atoms with Crippen molar-refractivity contribution in [1.82, 2.24) is 15.1 Å². The lowest BCUT2D eigenvalue weighted by Gasteiger charge is -2.42. The van der Waals surface area contributed by atoms with Crippen LogP contribution in [0.25, 0.3) is 0 Å². The summed E-state index contributed by atoms with van der Waals surface area (Å²) in [6.45, 7) is 3.25. The molecule has 1 aliphatic carbocycles. The molecular formula is C21H28FN3O2. The second-order valence-electron chi connectivity index (χ2n) is 8.15. The van der Waals surface area contributed by atoms with Gasteiger partial charge in [-0.25, -0.2) is 4.39 Å². The molecule has 0 radical (unpaired) electrons. The van der Waals surface area contributed by atoms with Crippen LogP contribution in [0.2, 0.25) is 0 Å². The highest BCUT2D eigenvalue weighted by atomic mass is 19.1. The number of likely N-dealkylation sites (tertiary alicyclic amines) is 2. The predicted molar refractivity (Wildman–Crippen MR) is 101 cm³/mol. The van der Waals surface area contributed by atoms with E-state index in [9.17, 15) is 14.0 Å². The summed E-state index contributed by atoms with van der Waals surface area (Å²) in [4.78, 5) is 29.2. The molecule has 5 nitrogen and oxygen atoms in total. The normalized spacial score (nSPS) is 24.6. The number of nitrogens with zero attached hydrogens (tertiary/aromatic N) is 2. The van der Waals surface area contributed by atoms with Crippen molar-refractivity contribution < 1.29 is 14.0 Å². The zero-order chi connectivity index (χ0) is 18.8. The Bertz CT molecular complexity index is 698. The molecule has 146 valence electrons. The van der Waals surface area contributed by atoms with Gasteiger partial charge in [0.2, 0.25) is 5.91 Å². The first-order valence-electron chi connectivity index (χ1n) is 10.2. The Morgan fingerprint density at radius 2 is 1.81 bits per heavy atom. The molecule has 0 bridgehead atoms. The van der Waals surface area contributed by atoms with Crippen LogP contribution in [0.1, 0.15) is 48.9 Å². The largest absolute Gasteiger partial charge is 0.353 e. The number of hydrogen-bond donors (Lipinski definition) is 1. The summed E-state index contributed by atoms with van der Waals surface area (Å²) in [5.74, 6) is -0.139. The minimum Gasteiger partial charge on any atom is -0.353 e. The second-order valence-corrected chi connectivity index (χ2v) is 8.15. The zero-order valence-corrected chi connectivity index (χ0v) is 15.7. The molecule has 1 atom stereocenters.